The smallest absolute Gasteiger partial charge is 0.310 e. The van der Waals surface area contributed by atoms with Crippen LogP contribution in [-0.4, -0.2) is 15.9 Å². The van der Waals surface area contributed by atoms with E-state index < -0.39 is 11.7 Å². The Kier molecular flexibility index (Phi) is 5.18. The SMILES string of the molecule is O=C(Cc1cccc2ccc(-c3cccc(C(F)(F)F)c3)nc12)Nc1ccccn1. The number of carbonyl (C=O) groups excluding carboxylic acids is 1. The van der Waals surface area contributed by atoms with E-state index in [4.69, 9.17) is 0 Å². The number of benzene rings is 2. The molecule has 1 N–H and O–H groups in total. The number of carbonyl (C=O) groups is 1. The monoisotopic (exact) mass is 407 g/mol. The van der Waals surface area contributed by atoms with E-state index >= 15 is 0 Å². The lowest BCUT2D eigenvalue weighted by atomic mass is 10.0. The molecule has 0 unspecified atom stereocenters. The van der Waals surface area contributed by atoms with E-state index in [0.29, 0.717) is 28.2 Å². The molecule has 0 spiro atoms. The fourth-order valence-corrected chi connectivity index (χ4v) is 3.16. The third-order valence-electron chi connectivity index (χ3n) is 4.57. The van der Waals surface area contributed by atoms with Crippen molar-refractivity contribution in [3.8, 4) is 11.3 Å². The molecule has 0 fully saturated rings. The van der Waals surface area contributed by atoms with Crippen molar-refractivity contribution in [3.05, 3.63) is 90.1 Å². The molecule has 7 heteroatoms. The minimum atomic E-state index is -4.43. The van der Waals surface area contributed by atoms with Crippen molar-refractivity contribution >= 4 is 22.6 Å². The van der Waals surface area contributed by atoms with Crippen LogP contribution in [0, 0.1) is 0 Å². The van der Waals surface area contributed by atoms with Crippen molar-refractivity contribution in [1.82, 2.24) is 9.97 Å². The quantitative estimate of drug-likeness (QED) is 0.486. The number of hydrogen-bond acceptors (Lipinski definition) is 3. The third kappa shape index (κ3) is 4.30. The summed E-state index contributed by atoms with van der Waals surface area (Å²) in [6, 6.07) is 19.2. The van der Waals surface area contributed by atoms with Gasteiger partial charge in [-0.3, -0.25) is 4.79 Å². The second-order valence-electron chi connectivity index (χ2n) is 6.70. The van der Waals surface area contributed by atoms with Gasteiger partial charge in [0.1, 0.15) is 5.82 Å². The van der Waals surface area contributed by atoms with Crippen LogP contribution >= 0.6 is 0 Å². The number of fused-ring (bicyclic) bond motifs is 1. The summed E-state index contributed by atoms with van der Waals surface area (Å²) in [7, 11) is 0. The van der Waals surface area contributed by atoms with Gasteiger partial charge in [0.2, 0.25) is 5.91 Å². The van der Waals surface area contributed by atoms with Gasteiger partial charge in [0.15, 0.2) is 0 Å². The molecule has 2 aromatic carbocycles. The van der Waals surface area contributed by atoms with Gasteiger partial charge in [-0.15, -0.1) is 0 Å². The number of amides is 1. The normalized spacial score (nSPS) is 11.4. The Hall–Kier alpha value is -3.74. The molecule has 2 aromatic heterocycles. The van der Waals surface area contributed by atoms with E-state index in [1.807, 2.05) is 12.1 Å². The summed E-state index contributed by atoms with van der Waals surface area (Å²) >= 11 is 0. The summed E-state index contributed by atoms with van der Waals surface area (Å²) < 4.78 is 39.2. The van der Waals surface area contributed by atoms with Crippen LogP contribution < -0.4 is 5.32 Å². The molecule has 30 heavy (non-hydrogen) atoms. The van der Waals surface area contributed by atoms with Crippen molar-refractivity contribution in [1.29, 1.82) is 0 Å². The molecule has 0 radical (unpaired) electrons. The largest absolute Gasteiger partial charge is 0.416 e. The van der Waals surface area contributed by atoms with Crippen LogP contribution in [0.3, 0.4) is 0 Å². The number of hydrogen-bond donors (Lipinski definition) is 1. The average Bonchev–Trinajstić information content (AvgIpc) is 2.74. The highest BCUT2D eigenvalue weighted by Crippen LogP contribution is 2.32. The molecule has 2 heterocycles. The van der Waals surface area contributed by atoms with Gasteiger partial charge in [-0.2, -0.15) is 13.2 Å². The van der Waals surface area contributed by atoms with Crippen LogP contribution in [-0.2, 0) is 17.4 Å². The van der Waals surface area contributed by atoms with Gasteiger partial charge in [0.05, 0.1) is 23.2 Å². The van der Waals surface area contributed by atoms with Crippen LogP contribution in [0.4, 0.5) is 19.0 Å². The number of aromatic nitrogens is 2. The highest BCUT2D eigenvalue weighted by molar-refractivity contribution is 5.95. The van der Waals surface area contributed by atoms with Crippen molar-refractivity contribution in [2.24, 2.45) is 0 Å². The van der Waals surface area contributed by atoms with Crippen LogP contribution in [0.15, 0.2) is 79.0 Å². The second-order valence-corrected chi connectivity index (χ2v) is 6.70. The molecule has 0 aliphatic heterocycles. The van der Waals surface area contributed by atoms with Gasteiger partial charge in [0.25, 0.3) is 0 Å². The minimum absolute atomic E-state index is 0.0625. The number of halogens is 3. The van der Waals surface area contributed by atoms with E-state index in [-0.39, 0.29) is 12.3 Å². The number of nitrogens with zero attached hydrogens (tertiary/aromatic N) is 2. The standard InChI is InChI=1S/C23H16F3N3O/c24-23(25,26)18-8-4-6-16(13-18)19-11-10-15-5-3-7-17(22(15)28-19)14-21(30)29-20-9-1-2-12-27-20/h1-13H,14H2,(H,27,29,30). The first-order valence-corrected chi connectivity index (χ1v) is 9.17. The van der Waals surface area contributed by atoms with Gasteiger partial charge in [-0.05, 0) is 35.9 Å². The van der Waals surface area contributed by atoms with E-state index in [1.54, 1.807) is 48.7 Å². The Balaban J connectivity index is 1.67. The van der Waals surface area contributed by atoms with E-state index in [0.717, 1.165) is 17.5 Å². The first-order chi connectivity index (χ1) is 14.4. The predicted octanol–water partition coefficient (Wildman–Crippen LogP) is 5.50. The van der Waals surface area contributed by atoms with Gasteiger partial charge in [-0.1, -0.05) is 42.5 Å². The van der Waals surface area contributed by atoms with E-state index in [2.05, 4.69) is 15.3 Å². The molecule has 4 rings (SSSR count). The molecule has 150 valence electrons. The van der Waals surface area contributed by atoms with Gasteiger partial charge in [-0.25, -0.2) is 9.97 Å². The second kappa shape index (κ2) is 7.94. The molecular formula is C23H16F3N3O. The molecule has 0 aliphatic rings. The third-order valence-corrected chi connectivity index (χ3v) is 4.57. The van der Waals surface area contributed by atoms with Crippen LogP contribution in [0.25, 0.3) is 22.2 Å². The van der Waals surface area contributed by atoms with Crippen molar-refractivity contribution in [2.75, 3.05) is 5.32 Å². The fraction of sp³-hybridized carbons (Fsp3) is 0.0870. The molecule has 1 amide bonds. The Morgan fingerprint density at radius 1 is 0.933 bits per heavy atom. The maximum atomic E-state index is 13.1. The highest BCUT2D eigenvalue weighted by atomic mass is 19.4. The average molecular weight is 407 g/mol. The molecule has 0 bridgehead atoms. The molecule has 0 saturated heterocycles. The zero-order chi connectivity index (χ0) is 21.1. The van der Waals surface area contributed by atoms with Crippen molar-refractivity contribution < 1.29 is 18.0 Å². The molecular weight excluding hydrogens is 391 g/mol. The van der Waals surface area contributed by atoms with Gasteiger partial charge < -0.3 is 5.32 Å². The Morgan fingerprint density at radius 2 is 1.77 bits per heavy atom. The van der Waals surface area contributed by atoms with Crippen molar-refractivity contribution in [3.63, 3.8) is 0 Å². The molecule has 0 aliphatic carbocycles. The number of nitrogens with one attached hydrogen (secondary N) is 1. The summed E-state index contributed by atoms with van der Waals surface area (Å²) in [5.74, 6) is 0.188. The Labute approximate surface area is 170 Å². The lowest BCUT2D eigenvalue weighted by molar-refractivity contribution is -0.137. The number of para-hydroxylation sites is 1. The Morgan fingerprint density at radius 3 is 2.53 bits per heavy atom. The minimum Gasteiger partial charge on any atom is -0.310 e. The van der Waals surface area contributed by atoms with Gasteiger partial charge in [0, 0.05) is 17.1 Å². The summed E-state index contributed by atoms with van der Waals surface area (Å²) in [6.45, 7) is 0. The topological polar surface area (TPSA) is 54.9 Å². The predicted molar refractivity (Wildman–Crippen MR) is 109 cm³/mol. The summed E-state index contributed by atoms with van der Waals surface area (Å²) in [5.41, 5.74) is 1.29. The maximum absolute atomic E-state index is 13.1. The van der Waals surface area contributed by atoms with Gasteiger partial charge >= 0.3 is 6.18 Å². The molecule has 4 aromatic rings. The molecule has 0 atom stereocenters. The number of anilines is 1. The first kappa shape index (κ1) is 19.6. The lowest BCUT2D eigenvalue weighted by Gasteiger charge is -2.11. The van der Waals surface area contributed by atoms with Crippen LogP contribution in [0.1, 0.15) is 11.1 Å². The summed E-state index contributed by atoms with van der Waals surface area (Å²) in [6.07, 6.45) is -2.79. The molecule has 4 nitrogen and oxygen atoms in total. The number of pyridine rings is 2. The highest BCUT2D eigenvalue weighted by Gasteiger charge is 2.30. The fourth-order valence-electron chi connectivity index (χ4n) is 3.16. The lowest BCUT2D eigenvalue weighted by Crippen LogP contribution is -2.15. The van der Waals surface area contributed by atoms with E-state index in [9.17, 15) is 18.0 Å². The van der Waals surface area contributed by atoms with Crippen LogP contribution in [0.2, 0.25) is 0 Å². The number of alkyl halides is 3. The van der Waals surface area contributed by atoms with Crippen LogP contribution in [0.5, 0.6) is 0 Å². The van der Waals surface area contributed by atoms with E-state index in [1.165, 1.54) is 6.07 Å². The zero-order valence-electron chi connectivity index (χ0n) is 15.6. The maximum Gasteiger partial charge on any atom is 0.416 e. The van der Waals surface area contributed by atoms with Crippen molar-refractivity contribution in [2.45, 2.75) is 12.6 Å². The summed E-state index contributed by atoms with van der Waals surface area (Å²) in [4.78, 5) is 21.1. The number of rotatable bonds is 4. The first-order valence-electron chi connectivity index (χ1n) is 9.17. The Bertz CT molecular complexity index is 1210. The zero-order valence-corrected chi connectivity index (χ0v) is 15.6. The summed E-state index contributed by atoms with van der Waals surface area (Å²) in [5, 5.41) is 3.52. The molecule has 0 saturated carbocycles.